The molecule has 0 aliphatic rings. The molecule has 130 valence electrons. The van der Waals surface area contributed by atoms with Crippen LogP contribution in [0.1, 0.15) is 46.9 Å². The van der Waals surface area contributed by atoms with Gasteiger partial charge in [0.2, 0.25) is 0 Å². The molecule has 8 heteroatoms. The highest BCUT2D eigenvalue weighted by Crippen LogP contribution is 2.07. The number of carboxylic acids is 3. The highest BCUT2D eigenvalue weighted by Gasteiger charge is 2.13. The molecule has 5 N–H and O–H groups in total. The number of rotatable bonds is 6. The van der Waals surface area contributed by atoms with Gasteiger partial charge in [0.05, 0.1) is 17.7 Å². The Labute approximate surface area is 139 Å². The number of nitrogens with two attached hydrogens (primary N) is 1. The zero-order valence-corrected chi connectivity index (χ0v) is 13.6. The van der Waals surface area contributed by atoms with Crippen LogP contribution in [0.2, 0.25) is 0 Å². The molecule has 0 saturated heterocycles. The van der Waals surface area contributed by atoms with E-state index in [-0.39, 0.29) is 17.7 Å². The summed E-state index contributed by atoms with van der Waals surface area (Å²) in [5, 5.41) is 24.7. The maximum Gasteiger partial charge on any atom is 0.336 e. The van der Waals surface area contributed by atoms with Crippen molar-refractivity contribution in [1.82, 2.24) is 0 Å². The molecular weight excluding hydrogens is 326 g/mol. The summed E-state index contributed by atoms with van der Waals surface area (Å²) in [6.45, 7) is 1.90. The highest BCUT2D eigenvalue weighted by molar-refractivity contribution is 6.17. The molecule has 0 radical (unpaired) electrons. The average molecular weight is 348 g/mol. The predicted octanol–water partition coefficient (Wildman–Crippen LogP) is 2.53. The second kappa shape index (κ2) is 14.8. The first-order chi connectivity index (χ1) is 10.8. The zero-order valence-electron chi connectivity index (χ0n) is 12.9. The van der Waals surface area contributed by atoms with Gasteiger partial charge in [-0.3, -0.25) is 4.79 Å². The van der Waals surface area contributed by atoms with Crippen LogP contribution in [-0.2, 0) is 4.79 Å². The van der Waals surface area contributed by atoms with E-state index in [0.717, 1.165) is 5.88 Å². The van der Waals surface area contributed by atoms with Crippen molar-refractivity contribution in [3.63, 3.8) is 0 Å². The van der Waals surface area contributed by atoms with Crippen molar-refractivity contribution < 1.29 is 29.7 Å². The third kappa shape index (κ3) is 13.3. The second-order valence-corrected chi connectivity index (χ2v) is 4.53. The van der Waals surface area contributed by atoms with Crippen molar-refractivity contribution in [2.45, 2.75) is 26.2 Å². The number of hydrogen-bond donors (Lipinski definition) is 4. The van der Waals surface area contributed by atoms with Crippen molar-refractivity contribution in [2.75, 3.05) is 12.4 Å². The second-order valence-electron chi connectivity index (χ2n) is 4.15. The summed E-state index contributed by atoms with van der Waals surface area (Å²) in [5.41, 5.74) is 4.19. The lowest BCUT2D eigenvalue weighted by molar-refractivity contribution is -0.135. The van der Waals surface area contributed by atoms with Gasteiger partial charge in [0, 0.05) is 5.88 Å². The minimum absolute atomic E-state index is 0.190. The van der Waals surface area contributed by atoms with Gasteiger partial charge in [-0.1, -0.05) is 31.9 Å². The molecule has 0 aromatic heterocycles. The molecule has 0 aliphatic carbocycles. The van der Waals surface area contributed by atoms with E-state index >= 15 is 0 Å². The van der Waals surface area contributed by atoms with Gasteiger partial charge in [-0.15, -0.1) is 11.6 Å². The van der Waals surface area contributed by atoms with Gasteiger partial charge in [0.25, 0.3) is 0 Å². The topological polar surface area (TPSA) is 138 Å². The van der Waals surface area contributed by atoms with Crippen LogP contribution >= 0.6 is 11.6 Å². The van der Waals surface area contributed by atoms with Crippen LogP contribution in [0.25, 0.3) is 0 Å². The van der Waals surface area contributed by atoms with E-state index in [9.17, 15) is 14.4 Å². The first-order valence-electron chi connectivity index (χ1n) is 6.85. The van der Waals surface area contributed by atoms with E-state index in [1.807, 2.05) is 0 Å². The van der Waals surface area contributed by atoms with E-state index in [1.54, 1.807) is 0 Å². The van der Waals surface area contributed by atoms with Gasteiger partial charge in [0.15, 0.2) is 0 Å². The third-order valence-electron chi connectivity index (χ3n) is 2.30. The maximum atomic E-state index is 10.5. The fourth-order valence-corrected chi connectivity index (χ4v) is 1.39. The van der Waals surface area contributed by atoms with E-state index in [4.69, 9.17) is 26.9 Å². The predicted molar refractivity (Wildman–Crippen MR) is 87.3 cm³/mol. The number of unbranched alkanes of at least 4 members (excludes halogenated alkanes) is 2. The number of aromatic carboxylic acids is 2. The van der Waals surface area contributed by atoms with Gasteiger partial charge < -0.3 is 21.1 Å². The van der Waals surface area contributed by atoms with Crippen LogP contribution in [0, 0.1) is 0 Å². The molecule has 0 saturated carbocycles. The normalized spacial score (nSPS) is 8.83. The molecule has 0 bridgehead atoms. The molecule has 1 rings (SSSR count). The molecule has 1 aromatic carbocycles. The number of carboxylic acid groups (broad SMARTS) is 3. The molecular formula is C15H22ClNO6. The lowest BCUT2D eigenvalue weighted by Crippen LogP contribution is -2.10. The SMILES string of the molecule is CCCCCCl.NCC(=O)O.O=C(O)c1ccccc1C(=O)O. The van der Waals surface area contributed by atoms with Crippen molar-refractivity contribution in [1.29, 1.82) is 0 Å². The summed E-state index contributed by atoms with van der Waals surface area (Å²) in [7, 11) is 0. The van der Waals surface area contributed by atoms with Crippen LogP contribution in [-0.4, -0.2) is 45.7 Å². The van der Waals surface area contributed by atoms with Crippen molar-refractivity contribution in [3.05, 3.63) is 35.4 Å². The van der Waals surface area contributed by atoms with Crippen LogP contribution < -0.4 is 5.73 Å². The Bertz CT molecular complexity index is 456. The quantitative estimate of drug-likeness (QED) is 0.458. The summed E-state index contributed by atoms with van der Waals surface area (Å²) in [6.07, 6.45) is 3.73. The van der Waals surface area contributed by atoms with Crippen LogP contribution in [0.5, 0.6) is 0 Å². The molecule has 0 spiro atoms. The number of carbonyl (C=O) groups is 3. The monoisotopic (exact) mass is 347 g/mol. The third-order valence-corrected chi connectivity index (χ3v) is 2.57. The standard InChI is InChI=1S/C8H6O4.C5H11Cl.C2H5NO2/c9-7(10)5-3-1-2-4-6(5)8(11)12;1-2-3-4-5-6;3-1-2(4)5/h1-4H,(H,9,10)(H,11,12);2-5H2,1H3;1,3H2,(H,4,5). The van der Waals surface area contributed by atoms with Crippen molar-refractivity contribution in [2.24, 2.45) is 5.73 Å². The fraction of sp³-hybridized carbons (Fsp3) is 0.400. The highest BCUT2D eigenvalue weighted by atomic mass is 35.5. The molecule has 0 unspecified atom stereocenters. The van der Waals surface area contributed by atoms with E-state index in [2.05, 4.69) is 12.7 Å². The largest absolute Gasteiger partial charge is 0.480 e. The summed E-state index contributed by atoms with van der Waals surface area (Å²) >= 11 is 5.38. The Morgan fingerprint density at radius 3 is 1.57 bits per heavy atom. The molecule has 0 amide bonds. The Kier molecular flexibility index (Phi) is 14.9. The summed E-state index contributed by atoms with van der Waals surface area (Å²) in [5.74, 6) is -2.60. The molecule has 0 atom stereocenters. The summed E-state index contributed by atoms with van der Waals surface area (Å²) < 4.78 is 0. The first-order valence-corrected chi connectivity index (χ1v) is 7.38. The lowest BCUT2D eigenvalue weighted by Gasteiger charge is -1.98. The summed E-state index contributed by atoms with van der Waals surface area (Å²) in [6, 6.07) is 5.48. The van der Waals surface area contributed by atoms with Gasteiger partial charge in [-0.25, -0.2) is 9.59 Å². The van der Waals surface area contributed by atoms with Gasteiger partial charge in [-0.2, -0.15) is 0 Å². The van der Waals surface area contributed by atoms with E-state index < -0.39 is 17.9 Å². The van der Waals surface area contributed by atoms with Crippen LogP contribution in [0.4, 0.5) is 0 Å². The van der Waals surface area contributed by atoms with Gasteiger partial charge >= 0.3 is 17.9 Å². The van der Waals surface area contributed by atoms with Crippen LogP contribution in [0.15, 0.2) is 24.3 Å². The molecule has 23 heavy (non-hydrogen) atoms. The number of halogens is 1. The number of alkyl halides is 1. The molecule has 0 fully saturated rings. The minimum atomic E-state index is -1.23. The van der Waals surface area contributed by atoms with Gasteiger partial charge in [0.1, 0.15) is 0 Å². The van der Waals surface area contributed by atoms with E-state index in [1.165, 1.54) is 43.5 Å². The maximum absolute atomic E-state index is 10.5. The molecule has 0 aliphatic heterocycles. The first kappa shape index (κ1) is 23.2. The fourth-order valence-electron chi connectivity index (χ4n) is 1.20. The lowest BCUT2D eigenvalue weighted by atomic mass is 10.1. The van der Waals surface area contributed by atoms with Gasteiger partial charge in [-0.05, 0) is 18.6 Å². The Balaban J connectivity index is 0. The number of benzene rings is 1. The van der Waals surface area contributed by atoms with Crippen molar-refractivity contribution in [3.8, 4) is 0 Å². The Morgan fingerprint density at radius 2 is 1.39 bits per heavy atom. The summed E-state index contributed by atoms with van der Waals surface area (Å²) in [4.78, 5) is 30.2. The number of hydrogen-bond acceptors (Lipinski definition) is 4. The Morgan fingerprint density at radius 1 is 1.00 bits per heavy atom. The average Bonchev–Trinajstić information content (AvgIpc) is 2.53. The molecule has 0 heterocycles. The van der Waals surface area contributed by atoms with Crippen LogP contribution in [0.3, 0.4) is 0 Å². The molecule has 1 aromatic rings. The minimum Gasteiger partial charge on any atom is -0.480 e. The Hall–Kier alpha value is -2.12. The number of aliphatic carboxylic acids is 1. The zero-order chi connectivity index (χ0) is 18.3. The smallest absolute Gasteiger partial charge is 0.336 e. The molecule has 7 nitrogen and oxygen atoms in total. The van der Waals surface area contributed by atoms with E-state index in [0.29, 0.717) is 0 Å². The van der Waals surface area contributed by atoms with Crippen molar-refractivity contribution >= 4 is 29.5 Å².